The van der Waals surface area contributed by atoms with Crippen molar-refractivity contribution in [2.75, 3.05) is 0 Å². The van der Waals surface area contributed by atoms with Gasteiger partial charge in [-0.25, -0.2) is 13.8 Å². The number of rotatable bonds is 4. The van der Waals surface area contributed by atoms with E-state index >= 15 is 0 Å². The summed E-state index contributed by atoms with van der Waals surface area (Å²) in [6.07, 6.45) is 1.24. The number of carbonyl (C=O) groups excluding carboxylic acids is 2. The smallest absolute Gasteiger partial charge is 0.294 e. The molecule has 0 radical (unpaired) electrons. The highest BCUT2D eigenvalue weighted by Gasteiger charge is 2.20. The Bertz CT molecular complexity index is 1410. The summed E-state index contributed by atoms with van der Waals surface area (Å²) in [6, 6.07) is 15.6. The van der Waals surface area contributed by atoms with Crippen LogP contribution in [-0.4, -0.2) is 36.5 Å². The van der Waals surface area contributed by atoms with Crippen LogP contribution in [0.2, 0.25) is 0 Å². The van der Waals surface area contributed by atoms with Gasteiger partial charge in [-0.1, -0.05) is 30.3 Å². The maximum atomic E-state index is 14.2. The number of para-hydroxylation sites is 2. The molecule has 0 spiro atoms. The molecule has 0 aliphatic rings. The summed E-state index contributed by atoms with van der Waals surface area (Å²) in [5, 5.41) is 18.0. The molecule has 0 atom stereocenters. The Kier molecular flexibility index (Phi) is 5.68. The molecule has 4 aromatic rings. The van der Waals surface area contributed by atoms with Crippen LogP contribution in [0.1, 0.15) is 26.7 Å². The number of hydrogen-bond acceptors (Lipinski definition) is 6. The number of hydrogen-bond donors (Lipinski definition) is 3. The molecule has 0 aliphatic heterocycles. The quantitative estimate of drug-likeness (QED) is 0.407. The molecule has 3 N–H and O–H groups in total. The lowest BCUT2D eigenvalue weighted by Crippen LogP contribution is -2.44. The summed E-state index contributed by atoms with van der Waals surface area (Å²) in [7, 11) is 0. The van der Waals surface area contributed by atoms with Gasteiger partial charge in [-0.3, -0.25) is 25.2 Å². The fourth-order valence-electron chi connectivity index (χ4n) is 3.04. The molecule has 0 bridgehead atoms. The van der Waals surface area contributed by atoms with Crippen LogP contribution in [0, 0.1) is 12.7 Å². The number of nitrogens with zero attached hydrogens (tertiary/aromatic N) is 4. The van der Waals surface area contributed by atoms with Crippen molar-refractivity contribution in [3.8, 4) is 17.1 Å². The molecule has 0 unspecified atom stereocenters. The van der Waals surface area contributed by atoms with Crippen LogP contribution >= 0.6 is 0 Å². The van der Waals surface area contributed by atoms with Crippen LogP contribution in [0.5, 0.6) is 5.75 Å². The molecule has 11 heteroatoms. The van der Waals surface area contributed by atoms with Gasteiger partial charge in [0.05, 0.1) is 11.9 Å². The van der Waals surface area contributed by atoms with Gasteiger partial charge in [0.25, 0.3) is 11.8 Å². The zero-order valence-electron chi connectivity index (χ0n) is 17.2. The van der Waals surface area contributed by atoms with E-state index in [1.54, 1.807) is 36.4 Å². The van der Waals surface area contributed by atoms with Crippen LogP contribution in [0.4, 0.5) is 4.39 Å². The predicted octanol–water partition coefficient (Wildman–Crippen LogP) is 1.65. The fraction of sp³-hybridized carbons (Fsp3) is 0.0455. The molecule has 0 fully saturated rings. The Morgan fingerprint density at radius 1 is 0.939 bits per heavy atom. The number of benzene rings is 2. The van der Waals surface area contributed by atoms with Gasteiger partial charge in [0.2, 0.25) is 5.43 Å². The molecule has 33 heavy (non-hydrogen) atoms. The Labute approximate surface area is 185 Å². The SMILES string of the molecule is Cc1cc(=O)c(C(=O)NNC(=O)c2nn(-c3ccccc3)cc2O)nn1-c1ccccc1F. The van der Waals surface area contributed by atoms with Gasteiger partial charge in [-0.2, -0.15) is 10.2 Å². The summed E-state index contributed by atoms with van der Waals surface area (Å²) in [5.41, 5.74) is 3.46. The van der Waals surface area contributed by atoms with Crippen molar-refractivity contribution in [2.24, 2.45) is 0 Å². The first-order chi connectivity index (χ1) is 15.8. The average molecular weight is 448 g/mol. The predicted molar refractivity (Wildman–Crippen MR) is 115 cm³/mol. The molecule has 166 valence electrons. The van der Waals surface area contributed by atoms with Crippen molar-refractivity contribution in [2.45, 2.75) is 6.92 Å². The number of nitrogens with one attached hydrogen (secondary N) is 2. The van der Waals surface area contributed by atoms with Crippen LogP contribution in [0.3, 0.4) is 0 Å². The van der Waals surface area contributed by atoms with E-state index in [2.05, 4.69) is 21.0 Å². The van der Waals surface area contributed by atoms with Crippen LogP contribution in [0.25, 0.3) is 11.4 Å². The third-order valence-electron chi connectivity index (χ3n) is 4.62. The lowest BCUT2D eigenvalue weighted by molar-refractivity contribution is 0.0837. The Morgan fingerprint density at radius 2 is 1.58 bits per heavy atom. The van der Waals surface area contributed by atoms with E-state index in [0.29, 0.717) is 11.4 Å². The number of halogens is 1. The third kappa shape index (κ3) is 4.32. The van der Waals surface area contributed by atoms with Gasteiger partial charge in [0, 0.05) is 11.8 Å². The molecule has 0 saturated carbocycles. The Hall–Kier alpha value is -4.80. The highest BCUT2D eigenvalue weighted by atomic mass is 19.1. The van der Waals surface area contributed by atoms with E-state index in [9.17, 15) is 23.9 Å². The maximum Gasteiger partial charge on any atom is 0.294 e. The average Bonchev–Trinajstić information content (AvgIpc) is 3.20. The highest BCUT2D eigenvalue weighted by molar-refractivity contribution is 5.98. The van der Waals surface area contributed by atoms with Gasteiger partial charge in [-0.05, 0) is 31.2 Å². The number of carbonyl (C=O) groups is 2. The zero-order chi connectivity index (χ0) is 23.5. The number of aryl methyl sites for hydroxylation is 1. The van der Waals surface area contributed by atoms with Gasteiger partial charge in [0.1, 0.15) is 11.5 Å². The molecule has 2 amide bonds. The largest absolute Gasteiger partial charge is 0.504 e. The van der Waals surface area contributed by atoms with E-state index in [-0.39, 0.29) is 11.4 Å². The minimum atomic E-state index is -1.03. The van der Waals surface area contributed by atoms with E-state index in [0.717, 1.165) is 10.7 Å². The zero-order valence-corrected chi connectivity index (χ0v) is 17.2. The molecule has 2 aromatic heterocycles. The number of hydrazine groups is 1. The molecule has 0 aliphatic carbocycles. The number of amides is 2. The third-order valence-corrected chi connectivity index (χ3v) is 4.62. The maximum absolute atomic E-state index is 14.2. The Morgan fingerprint density at radius 3 is 2.27 bits per heavy atom. The summed E-state index contributed by atoms with van der Waals surface area (Å²) in [5.74, 6) is -2.96. The molecular formula is C22H17FN6O4. The molecule has 2 aromatic carbocycles. The minimum absolute atomic E-state index is 0.0458. The van der Waals surface area contributed by atoms with Crippen LogP contribution in [-0.2, 0) is 0 Å². The summed E-state index contributed by atoms with van der Waals surface area (Å²) in [6.45, 7) is 1.54. The van der Waals surface area contributed by atoms with E-state index < -0.39 is 34.5 Å². The first-order valence-corrected chi connectivity index (χ1v) is 9.66. The number of aromatic nitrogens is 4. The summed E-state index contributed by atoms with van der Waals surface area (Å²) < 4.78 is 16.6. The molecule has 4 rings (SSSR count). The molecule has 10 nitrogen and oxygen atoms in total. The lowest BCUT2D eigenvalue weighted by atomic mass is 10.2. The molecule has 0 saturated heterocycles. The van der Waals surface area contributed by atoms with Gasteiger partial charge in [-0.15, -0.1) is 0 Å². The topological polar surface area (TPSA) is 131 Å². The first kappa shape index (κ1) is 21.4. The van der Waals surface area contributed by atoms with Crippen molar-refractivity contribution in [3.63, 3.8) is 0 Å². The lowest BCUT2D eigenvalue weighted by Gasteiger charge is -2.12. The van der Waals surface area contributed by atoms with Crippen molar-refractivity contribution in [1.29, 1.82) is 0 Å². The highest BCUT2D eigenvalue weighted by Crippen LogP contribution is 2.18. The second kappa shape index (κ2) is 8.75. The summed E-state index contributed by atoms with van der Waals surface area (Å²) in [4.78, 5) is 37.2. The van der Waals surface area contributed by atoms with E-state index in [4.69, 9.17) is 0 Å². The van der Waals surface area contributed by atoms with Gasteiger partial charge < -0.3 is 5.11 Å². The van der Waals surface area contributed by atoms with Crippen molar-refractivity contribution in [3.05, 3.63) is 100.0 Å². The van der Waals surface area contributed by atoms with Crippen LogP contribution in [0.15, 0.2) is 71.7 Å². The summed E-state index contributed by atoms with van der Waals surface area (Å²) >= 11 is 0. The van der Waals surface area contributed by atoms with Crippen molar-refractivity contribution < 1.29 is 19.1 Å². The van der Waals surface area contributed by atoms with Gasteiger partial charge in [0.15, 0.2) is 17.1 Å². The second-order valence-electron chi connectivity index (χ2n) is 6.91. The Balaban J connectivity index is 1.53. The minimum Gasteiger partial charge on any atom is -0.504 e. The standard InChI is InChI=1S/C22H17FN6O4/c1-13-11-17(30)19(27-29(13)16-10-6-5-9-15(16)23)21(32)24-25-22(33)20-18(31)12-28(26-20)14-7-3-2-4-8-14/h2-12,31H,1H3,(H,24,32)(H,25,33). The van der Waals surface area contributed by atoms with Crippen LogP contribution < -0.4 is 16.3 Å². The van der Waals surface area contributed by atoms with E-state index in [1.165, 1.54) is 36.0 Å². The van der Waals surface area contributed by atoms with Crippen molar-refractivity contribution in [1.82, 2.24) is 30.4 Å². The molecule has 2 heterocycles. The van der Waals surface area contributed by atoms with Gasteiger partial charge >= 0.3 is 0 Å². The number of aromatic hydroxyl groups is 1. The monoisotopic (exact) mass is 448 g/mol. The molecular weight excluding hydrogens is 431 g/mol. The first-order valence-electron chi connectivity index (χ1n) is 9.66. The second-order valence-corrected chi connectivity index (χ2v) is 6.91. The normalized spacial score (nSPS) is 10.6. The van der Waals surface area contributed by atoms with E-state index in [1.807, 2.05) is 0 Å². The van der Waals surface area contributed by atoms with Crippen molar-refractivity contribution >= 4 is 11.8 Å². The fourth-order valence-corrected chi connectivity index (χ4v) is 3.04.